The molecule has 2 amide bonds. The normalized spacial score (nSPS) is 21.2. The molecule has 2 aliphatic rings. The molecular weight excluding hydrogens is 278 g/mol. The number of allylic oxidation sites excluding steroid dienone is 2. The largest absolute Gasteiger partial charge is 0.352 e. The molecule has 1 aliphatic heterocycles. The Morgan fingerprint density at radius 3 is 3.00 bits per heavy atom. The third-order valence-corrected chi connectivity index (χ3v) is 4.27. The van der Waals surface area contributed by atoms with Crippen LogP contribution in [0.4, 0.5) is 5.69 Å². The van der Waals surface area contributed by atoms with Gasteiger partial charge in [-0.1, -0.05) is 12.2 Å². The van der Waals surface area contributed by atoms with Crippen LogP contribution in [0.1, 0.15) is 37.7 Å². The van der Waals surface area contributed by atoms with Gasteiger partial charge in [0.1, 0.15) is 0 Å². The smallest absolute Gasteiger partial charge is 0.227 e. The van der Waals surface area contributed by atoms with Crippen molar-refractivity contribution in [3.63, 3.8) is 0 Å². The summed E-state index contributed by atoms with van der Waals surface area (Å²) in [6.45, 7) is 1.21. The third-order valence-electron chi connectivity index (χ3n) is 4.27. The molecule has 3 rings (SSSR count). The lowest BCUT2D eigenvalue weighted by molar-refractivity contribution is -0.125. The first-order valence-electron chi connectivity index (χ1n) is 7.91. The summed E-state index contributed by atoms with van der Waals surface area (Å²) in [5, 5.41) is 2.98. The molecular formula is C17H21N3O2. The summed E-state index contributed by atoms with van der Waals surface area (Å²) < 4.78 is 0. The number of aromatic nitrogens is 1. The lowest BCUT2D eigenvalue weighted by Gasteiger charge is -2.18. The number of carbonyl (C=O) groups is 2. The minimum atomic E-state index is 0.0845. The molecule has 0 radical (unpaired) electrons. The van der Waals surface area contributed by atoms with Gasteiger partial charge in [-0.25, -0.2) is 0 Å². The zero-order valence-corrected chi connectivity index (χ0v) is 12.6. The van der Waals surface area contributed by atoms with Crippen LogP contribution >= 0.6 is 0 Å². The molecule has 1 atom stereocenters. The molecule has 1 aromatic heterocycles. The van der Waals surface area contributed by atoms with E-state index in [0.29, 0.717) is 13.0 Å². The second-order valence-corrected chi connectivity index (χ2v) is 5.90. The molecule has 0 spiro atoms. The van der Waals surface area contributed by atoms with Crippen molar-refractivity contribution in [2.45, 2.75) is 38.6 Å². The second kappa shape index (κ2) is 6.73. The van der Waals surface area contributed by atoms with E-state index < -0.39 is 0 Å². The Morgan fingerprint density at radius 2 is 2.27 bits per heavy atom. The van der Waals surface area contributed by atoms with Gasteiger partial charge >= 0.3 is 0 Å². The highest BCUT2D eigenvalue weighted by molar-refractivity contribution is 5.95. The van der Waals surface area contributed by atoms with Crippen molar-refractivity contribution in [1.29, 1.82) is 0 Å². The SMILES string of the molecule is O=C(NCc1cncc(N2CCCC2=O)c1)[C@@H]1CC=CCC1. The number of nitrogens with zero attached hydrogens (tertiary/aromatic N) is 2. The van der Waals surface area contributed by atoms with E-state index in [9.17, 15) is 9.59 Å². The highest BCUT2D eigenvalue weighted by atomic mass is 16.2. The van der Waals surface area contributed by atoms with Crippen LogP contribution in [0.3, 0.4) is 0 Å². The molecule has 1 aliphatic carbocycles. The van der Waals surface area contributed by atoms with Crippen molar-refractivity contribution in [3.8, 4) is 0 Å². The summed E-state index contributed by atoms with van der Waals surface area (Å²) in [6, 6.07) is 1.94. The summed E-state index contributed by atoms with van der Waals surface area (Å²) >= 11 is 0. The van der Waals surface area contributed by atoms with Crippen LogP contribution in [0.5, 0.6) is 0 Å². The molecule has 1 saturated heterocycles. The Hall–Kier alpha value is -2.17. The maximum absolute atomic E-state index is 12.1. The Labute approximate surface area is 130 Å². The van der Waals surface area contributed by atoms with Crippen molar-refractivity contribution < 1.29 is 9.59 Å². The molecule has 0 saturated carbocycles. The Kier molecular flexibility index (Phi) is 4.51. The van der Waals surface area contributed by atoms with Crippen LogP contribution in [-0.4, -0.2) is 23.3 Å². The van der Waals surface area contributed by atoms with Gasteiger partial charge in [0, 0.05) is 31.6 Å². The van der Waals surface area contributed by atoms with E-state index in [2.05, 4.69) is 22.5 Å². The molecule has 22 heavy (non-hydrogen) atoms. The molecule has 1 fully saturated rings. The number of rotatable bonds is 4. The van der Waals surface area contributed by atoms with E-state index in [-0.39, 0.29) is 17.7 Å². The Bertz CT molecular complexity index is 597. The van der Waals surface area contributed by atoms with Gasteiger partial charge in [0.25, 0.3) is 0 Å². The fraction of sp³-hybridized carbons (Fsp3) is 0.471. The van der Waals surface area contributed by atoms with Gasteiger partial charge in [-0.3, -0.25) is 14.6 Å². The van der Waals surface area contributed by atoms with Gasteiger partial charge in [-0.05, 0) is 37.3 Å². The summed E-state index contributed by atoms with van der Waals surface area (Å²) in [6.07, 6.45) is 11.9. The predicted molar refractivity (Wildman–Crippen MR) is 84.2 cm³/mol. The van der Waals surface area contributed by atoms with E-state index in [4.69, 9.17) is 0 Å². The van der Waals surface area contributed by atoms with E-state index in [1.165, 1.54) is 0 Å². The molecule has 0 bridgehead atoms. The maximum atomic E-state index is 12.1. The zero-order chi connectivity index (χ0) is 15.4. The lowest BCUT2D eigenvalue weighted by atomic mass is 9.93. The fourth-order valence-corrected chi connectivity index (χ4v) is 3.00. The van der Waals surface area contributed by atoms with Gasteiger partial charge in [-0.2, -0.15) is 0 Å². The highest BCUT2D eigenvalue weighted by Gasteiger charge is 2.22. The number of amides is 2. The Morgan fingerprint density at radius 1 is 1.36 bits per heavy atom. The number of nitrogens with one attached hydrogen (secondary N) is 1. The van der Waals surface area contributed by atoms with Crippen LogP contribution in [0.15, 0.2) is 30.6 Å². The maximum Gasteiger partial charge on any atom is 0.227 e. The summed E-state index contributed by atoms with van der Waals surface area (Å²) in [7, 11) is 0. The predicted octanol–water partition coefficient (Wildman–Crippen LogP) is 2.18. The number of anilines is 1. The first-order chi connectivity index (χ1) is 10.7. The summed E-state index contributed by atoms with van der Waals surface area (Å²) in [4.78, 5) is 29.9. The molecule has 0 aromatic carbocycles. The van der Waals surface area contributed by atoms with Crippen LogP contribution < -0.4 is 10.2 Å². The molecule has 0 unspecified atom stereocenters. The van der Waals surface area contributed by atoms with Gasteiger partial charge in [0.15, 0.2) is 0 Å². The number of carbonyl (C=O) groups excluding carboxylic acids is 2. The van der Waals surface area contributed by atoms with Gasteiger partial charge in [-0.15, -0.1) is 0 Å². The molecule has 2 heterocycles. The van der Waals surface area contributed by atoms with Gasteiger partial charge in [0.05, 0.1) is 11.9 Å². The quantitative estimate of drug-likeness (QED) is 0.867. The zero-order valence-electron chi connectivity index (χ0n) is 12.6. The van der Waals surface area contributed by atoms with Crippen molar-refractivity contribution in [3.05, 3.63) is 36.2 Å². The van der Waals surface area contributed by atoms with Crippen molar-refractivity contribution in [2.75, 3.05) is 11.4 Å². The number of hydrogen-bond acceptors (Lipinski definition) is 3. The standard InChI is InChI=1S/C17H21N3O2/c21-16-7-4-8-20(16)15-9-13(10-18-12-15)11-19-17(22)14-5-2-1-3-6-14/h1-2,9-10,12,14H,3-8,11H2,(H,19,22)/t14-/m1/s1. The van der Waals surface area contributed by atoms with E-state index in [1.807, 2.05) is 6.07 Å². The van der Waals surface area contributed by atoms with Crippen molar-refractivity contribution >= 4 is 17.5 Å². The molecule has 1 aromatic rings. The molecule has 5 heteroatoms. The van der Waals surface area contributed by atoms with Crippen LogP contribution in [-0.2, 0) is 16.1 Å². The topological polar surface area (TPSA) is 62.3 Å². The molecule has 1 N–H and O–H groups in total. The average Bonchev–Trinajstić information content (AvgIpc) is 3.00. The second-order valence-electron chi connectivity index (χ2n) is 5.90. The van der Waals surface area contributed by atoms with E-state index >= 15 is 0 Å². The summed E-state index contributed by atoms with van der Waals surface area (Å²) in [5.41, 5.74) is 1.76. The minimum absolute atomic E-state index is 0.0845. The fourth-order valence-electron chi connectivity index (χ4n) is 3.00. The highest BCUT2D eigenvalue weighted by Crippen LogP contribution is 2.21. The van der Waals surface area contributed by atoms with Crippen molar-refractivity contribution in [1.82, 2.24) is 10.3 Å². The molecule has 5 nitrogen and oxygen atoms in total. The Balaban J connectivity index is 1.59. The molecule has 116 valence electrons. The average molecular weight is 299 g/mol. The first-order valence-corrected chi connectivity index (χ1v) is 7.91. The first kappa shape index (κ1) is 14.8. The monoisotopic (exact) mass is 299 g/mol. The number of hydrogen-bond donors (Lipinski definition) is 1. The van der Waals surface area contributed by atoms with E-state index in [0.717, 1.165) is 43.5 Å². The van der Waals surface area contributed by atoms with Crippen molar-refractivity contribution in [2.24, 2.45) is 5.92 Å². The minimum Gasteiger partial charge on any atom is -0.352 e. The van der Waals surface area contributed by atoms with Crippen LogP contribution in [0.2, 0.25) is 0 Å². The number of pyridine rings is 1. The van der Waals surface area contributed by atoms with Gasteiger partial charge < -0.3 is 10.2 Å². The van der Waals surface area contributed by atoms with E-state index in [1.54, 1.807) is 17.3 Å². The third kappa shape index (κ3) is 3.35. The summed E-state index contributed by atoms with van der Waals surface area (Å²) in [5.74, 6) is 0.338. The van der Waals surface area contributed by atoms with Crippen LogP contribution in [0, 0.1) is 5.92 Å². The van der Waals surface area contributed by atoms with Crippen LogP contribution in [0.25, 0.3) is 0 Å². The van der Waals surface area contributed by atoms with Gasteiger partial charge in [0.2, 0.25) is 11.8 Å². The lowest BCUT2D eigenvalue weighted by Crippen LogP contribution is -2.31.